The molecule has 1 saturated heterocycles. The summed E-state index contributed by atoms with van der Waals surface area (Å²) in [6, 6.07) is 11.2. The average Bonchev–Trinajstić information content (AvgIpc) is 2.67. The molecule has 0 radical (unpaired) electrons. The molecule has 9 heteroatoms. The summed E-state index contributed by atoms with van der Waals surface area (Å²) in [5, 5.41) is 11.2. The summed E-state index contributed by atoms with van der Waals surface area (Å²) in [5.41, 5.74) is 1.00. The molecule has 144 valence electrons. The Labute approximate surface area is 164 Å². The zero-order chi connectivity index (χ0) is 20.3. The highest BCUT2D eigenvalue weighted by atomic mass is 32.2. The van der Waals surface area contributed by atoms with Crippen molar-refractivity contribution in [3.63, 3.8) is 0 Å². The van der Waals surface area contributed by atoms with Crippen LogP contribution in [0.25, 0.3) is 0 Å². The van der Waals surface area contributed by atoms with Crippen molar-refractivity contribution in [3.05, 3.63) is 59.9 Å². The summed E-state index contributed by atoms with van der Waals surface area (Å²) in [6.45, 7) is 0. The molecular formula is C19H16FN3O4S. The first-order chi connectivity index (χ1) is 13.3. The van der Waals surface area contributed by atoms with E-state index in [0.717, 1.165) is 11.8 Å². The molecule has 7 nitrogen and oxygen atoms in total. The first-order valence-corrected chi connectivity index (χ1v) is 9.13. The number of aromatic carboxylic acids is 1. The van der Waals surface area contributed by atoms with Gasteiger partial charge in [-0.15, -0.1) is 0 Å². The minimum absolute atomic E-state index is 0.00263. The number of carboxylic acids is 1. The third-order valence-corrected chi connectivity index (χ3v) is 5.25. The number of amidine groups is 1. The molecule has 0 aromatic heterocycles. The van der Waals surface area contributed by atoms with E-state index in [1.54, 1.807) is 7.05 Å². The molecule has 1 fully saturated rings. The highest BCUT2D eigenvalue weighted by Crippen LogP contribution is 2.29. The molecule has 28 heavy (non-hydrogen) atoms. The molecule has 2 aromatic carbocycles. The topological polar surface area (TPSA) is 99.1 Å². The fourth-order valence-electron chi connectivity index (χ4n) is 2.44. The van der Waals surface area contributed by atoms with Gasteiger partial charge in [0.2, 0.25) is 11.8 Å². The van der Waals surface area contributed by atoms with Gasteiger partial charge in [0, 0.05) is 19.2 Å². The normalized spacial score (nSPS) is 18.2. The second-order valence-corrected chi connectivity index (χ2v) is 7.18. The Hall–Kier alpha value is -3.20. The first-order valence-electron chi connectivity index (χ1n) is 8.25. The molecule has 1 heterocycles. The number of hydrogen-bond donors (Lipinski definition) is 2. The maximum atomic E-state index is 13.0. The smallest absolute Gasteiger partial charge is 0.335 e. The molecule has 1 aliphatic rings. The molecule has 0 spiro atoms. The standard InChI is InChI=1S/C19H16FN3O4S/c1-23-16(24)10-15(28-19(23)22-14-8-4-12(20)5-9-14)17(25)21-13-6-2-11(3-7-13)18(26)27/h2-9,15H,10H2,1H3,(H,21,25)(H,26,27). The second-order valence-electron chi connectivity index (χ2n) is 6.01. The number of hydrogen-bond acceptors (Lipinski definition) is 5. The molecule has 2 N–H and O–H groups in total. The average molecular weight is 401 g/mol. The van der Waals surface area contributed by atoms with Gasteiger partial charge in [-0.05, 0) is 48.5 Å². The quantitative estimate of drug-likeness (QED) is 0.820. The van der Waals surface area contributed by atoms with Crippen molar-refractivity contribution >= 4 is 46.1 Å². The summed E-state index contributed by atoms with van der Waals surface area (Å²) >= 11 is 1.13. The van der Waals surface area contributed by atoms with E-state index in [1.165, 1.54) is 53.4 Å². The number of halogens is 1. The van der Waals surface area contributed by atoms with Gasteiger partial charge >= 0.3 is 5.97 Å². The van der Waals surface area contributed by atoms with Crippen LogP contribution in [0.3, 0.4) is 0 Å². The van der Waals surface area contributed by atoms with Crippen LogP contribution >= 0.6 is 11.8 Å². The second kappa shape index (κ2) is 8.22. The number of carbonyl (C=O) groups excluding carboxylic acids is 2. The Kier molecular flexibility index (Phi) is 5.74. The van der Waals surface area contributed by atoms with E-state index < -0.39 is 17.0 Å². The molecule has 2 aromatic rings. The zero-order valence-electron chi connectivity index (χ0n) is 14.8. The molecule has 1 unspecified atom stereocenters. The largest absolute Gasteiger partial charge is 0.478 e. The van der Waals surface area contributed by atoms with Gasteiger partial charge in [-0.2, -0.15) is 0 Å². The van der Waals surface area contributed by atoms with Crippen LogP contribution in [0.2, 0.25) is 0 Å². The van der Waals surface area contributed by atoms with Crippen LogP contribution in [0.4, 0.5) is 15.8 Å². The number of anilines is 1. The van der Waals surface area contributed by atoms with Crippen LogP contribution in [0.5, 0.6) is 0 Å². The number of carbonyl (C=O) groups is 3. The Bertz CT molecular complexity index is 945. The molecule has 3 rings (SSSR count). The first kappa shape index (κ1) is 19.6. The predicted molar refractivity (Wildman–Crippen MR) is 104 cm³/mol. The van der Waals surface area contributed by atoms with E-state index in [9.17, 15) is 18.8 Å². The van der Waals surface area contributed by atoms with Gasteiger partial charge in [-0.1, -0.05) is 11.8 Å². The van der Waals surface area contributed by atoms with Crippen LogP contribution in [0, 0.1) is 5.82 Å². The molecular weight excluding hydrogens is 385 g/mol. The van der Waals surface area contributed by atoms with Gasteiger partial charge in [-0.25, -0.2) is 14.2 Å². The lowest BCUT2D eigenvalue weighted by molar-refractivity contribution is -0.128. The lowest BCUT2D eigenvalue weighted by atomic mass is 10.2. The molecule has 0 bridgehead atoms. The highest BCUT2D eigenvalue weighted by molar-refractivity contribution is 8.15. The predicted octanol–water partition coefficient (Wildman–Crippen LogP) is 3.11. The monoisotopic (exact) mass is 401 g/mol. The van der Waals surface area contributed by atoms with Gasteiger partial charge in [-0.3, -0.25) is 14.5 Å². The number of rotatable bonds is 4. The van der Waals surface area contributed by atoms with Crippen molar-refractivity contribution in [1.29, 1.82) is 0 Å². The minimum atomic E-state index is -1.06. The maximum absolute atomic E-state index is 13.0. The number of nitrogens with zero attached hydrogens (tertiary/aromatic N) is 2. The lowest BCUT2D eigenvalue weighted by Gasteiger charge is -2.28. The van der Waals surface area contributed by atoms with Crippen molar-refractivity contribution in [2.75, 3.05) is 12.4 Å². The van der Waals surface area contributed by atoms with Crippen molar-refractivity contribution in [2.45, 2.75) is 11.7 Å². The summed E-state index contributed by atoms with van der Waals surface area (Å²) in [7, 11) is 1.57. The Morgan fingerprint density at radius 2 is 1.82 bits per heavy atom. The van der Waals surface area contributed by atoms with E-state index >= 15 is 0 Å². The summed E-state index contributed by atoms with van der Waals surface area (Å²) < 4.78 is 13.0. The summed E-state index contributed by atoms with van der Waals surface area (Å²) in [5.74, 6) is -2.10. The van der Waals surface area contributed by atoms with Crippen molar-refractivity contribution in [3.8, 4) is 0 Å². The van der Waals surface area contributed by atoms with Crippen LogP contribution in [-0.4, -0.2) is 45.3 Å². The van der Waals surface area contributed by atoms with Crippen LogP contribution in [0.15, 0.2) is 53.5 Å². The fraction of sp³-hybridized carbons (Fsp3) is 0.158. The minimum Gasteiger partial charge on any atom is -0.478 e. The highest BCUT2D eigenvalue weighted by Gasteiger charge is 2.34. The zero-order valence-corrected chi connectivity index (χ0v) is 15.6. The van der Waals surface area contributed by atoms with Gasteiger partial charge in [0.25, 0.3) is 0 Å². The van der Waals surface area contributed by atoms with E-state index in [-0.39, 0.29) is 23.8 Å². The maximum Gasteiger partial charge on any atom is 0.335 e. The number of thioether (sulfide) groups is 1. The van der Waals surface area contributed by atoms with Crippen molar-refractivity contribution in [1.82, 2.24) is 4.90 Å². The number of aliphatic imine (C=N–C) groups is 1. The van der Waals surface area contributed by atoms with Crippen molar-refractivity contribution in [2.24, 2.45) is 4.99 Å². The van der Waals surface area contributed by atoms with Crippen LogP contribution < -0.4 is 5.32 Å². The van der Waals surface area contributed by atoms with Crippen LogP contribution in [-0.2, 0) is 9.59 Å². The van der Waals surface area contributed by atoms with Crippen molar-refractivity contribution < 1.29 is 23.9 Å². The Balaban J connectivity index is 1.74. The molecule has 2 amide bonds. The Morgan fingerprint density at radius 3 is 2.43 bits per heavy atom. The van der Waals surface area contributed by atoms with E-state index in [4.69, 9.17) is 5.11 Å². The number of carboxylic acid groups (broad SMARTS) is 1. The molecule has 0 aliphatic carbocycles. The SMILES string of the molecule is CN1C(=O)CC(C(=O)Nc2ccc(C(=O)O)cc2)SC1=Nc1ccc(F)cc1. The molecule has 0 saturated carbocycles. The van der Waals surface area contributed by atoms with E-state index in [0.29, 0.717) is 16.5 Å². The van der Waals surface area contributed by atoms with E-state index in [1.807, 2.05) is 0 Å². The summed E-state index contributed by atoms with van der Waals surface area (Å²) in [6.07, 6.45) is 0.00263. The van der Waals surface area contributed by atoms with Gasteiger partial charge in [0.1, 0.15) is 11.1 Å². The van der Waals surface area contributed by atoms with Crippen LogP contribution in [0.1, 0.15) is 16.8 Å². The number of nitrogens with one attached hydrogen (secondary N) is 1. The summed E-state index contributed by atoms with van der Waals surface area (Å²) in [4.78, 5) is 41.4. The third kappa shape index (κ3) is 4.55. The Morgan fingerprint density at radius 1 is 1.18 bits per heavy atom. The van der Waals surface area contributed by atoms with Gasteiger partial charge in [0.15, 0.2) is 5.17 Å². The molecule has 1 aliphatic heterocycles. The number of benzene rings is 2. The fourth-order valence-corrected chi connectivity index (χ4v) is 3.51. The van der Waals surface area contributed by atoms with E-state index in [2.05, 4.69) is 10.3 Å². The van der Waals surface area contributed by atoms with Gasteiger partial charge < -0.3 is 10.4 Å². The lowest BCUT2D eigenvalue weighted by Crippen LogP contribution is -2.43. The third-order valence-electron chi connectivity index (χ3n) is 4.01. The number of amides is 2. The van der Waals surface area contributed by atoms with Gasteiger partial charge in [0.05, 0.1) is 11.3 Å². The molecule has 1 atom stereocenters.